The highest BCUT2D eigenvalue weighted by atomic mass is 19.3. The molecule has 1 aliphatic carbocycles. The second-order valence-electron chi connectivity index (χ2n) is 4.44. The Morgan fingerprint density at radius 3 is 2.43 bits per heavy atom. The van der Waals surface area contributed by atoms with Crippen molar-refractivity contribution in [3.05, 3.63) is 0 Å². The topological polar surface area (TPSA) is 38.0 Å². The quantitative estimate of drug-likeness (QED) is 0.735. The molecule has 1 rings (SSSR count). The number of hydrogen-bond donors (Lipinski definition) is 2. The maximum absolute atomic E-state index is 12.1. The van der Waals surface area contributed by atoms with Crippen LogP contribution in [0.15, 0.2) is 0 Å². The minimum atomic E-state index is -2.28. The second-order valence-corrected chi connectivity index (χ2v) is 4.44. The zero-order chi connectivity index (χ0) is 10.6. The standard InChI is InChI=1S/C10H20F2N2/c1-8-2-4-10(7-13,5-3-8)14-6-9(11)12/h8-9,14H,2-7,13H2,1H3. The molecule has 14 heavy (non-hydrogen) atoms. The molecule has 0 aromatic rings. The van der Waals surface area contributed by atoms with Crippen LogP contribution in [0.2, 0.25) is 0 Å². The third-order valence-electron chi connectivity index (χ3n) is 3.25. The SMILES string of the molecule is CC1CCC(CN)(NCC(F)F)CC1. The van der Waals surface area contributed by atoms with Gasteiger partial charge in [-0.25, -0.2) is 8.78 Å². The van der Waals surface area contributed by atoms with Gasteiger partial charge in [-0.1, -0.05) is 6.92 Å². The summed E-state index contributed by atoms with van der Waals surface area (Å²) >= 11 is 0. The molecular formula is C10H20F2N2. The number of alkyl halides is 2. The van der Waals surface area contributed by atoms with E-state index in [4.69, 9.17) is 5.73 Å². The highest BCUT2D eigenvalue weighted by Crippen LogP contribution is 2.31. The molecule has 1 saturated carbocycles. The van der Waals surface area contributed by atoms with Crippen LogP contribution >= 0.6 is 0 Å². The van der Waals surface area contributed by atoms with Crippen LogP contribution in [0.1, 0.15) is 32.6 Å². The van der Waals surface area contributed by atoms with Gasteiger partial charge in [-0.15, -0.1) is 0 Å². The van der Waals surface area contributed by atoms with Gasteiger partial charge < -0.3 is 11.1 Å². The third kappa shape index (κ3) is 3.17. The predicted octanol–water partition coefficient (Wildman–Crippen LogP) is 1.75. The van der Waals surface area contributed by atoms with E-state index in [0.717, 1.165) is 25.7 Å². The summed E-state index contributed by atoms with van der Waals surface area (Å²) in [5, 5.41) is 2.93. The number of nitrogens with two attached hydrogens (primary N) is 1. The van der Waals surface area contributed by atoms with E-state index in [-0.39, 0.29) is 12.1 Å². The van der Waals surface area contributed by atoms with Crippen molar-refractivity contribution >= 4 is 0 Å². The first-order valence-corrected chi connectivity index (χ1v) is 5.31. The van der Waals surface area contributed by atoms with E-state index in [2.05, 4.69) is 12.2 Å². The second kappa shape index (κ2) is 5.03. The van der Waals surface area contributed by atoms with E-state index in [1.54, 1.807) is 0 Å². The van der Waals surface area contributed by atoms with Crippen LogP contribution in [-0.2, 0) is 0 Å². The van der Waals surface area contributed by atoms with Crippen molar-refractivity contribution < 1.29 is 8.78 Å². The minimum absolute atomic E-state index is 0.219. The first-order valence-electron chi connectivity index (χ1n) is 5.31. The Morgan fingerprint density at radius 1 is 1.43 bits per heavy atom. The Bertz CT molecular complexity index is 166. The molecule has 1 fully saturated rings. The maximum Gasteiger partial charge on any atom is 0.250 e. The largest absolute Gasteiger partial charge is 0.329 e. The fraction of sp³-hybridized carbons (Fsp3) is 1.00. The van der Waals surface area contributed by atoms with E-state index < -0.39 is 6.43 Å². The number of rotatable bonds is 4. The van der Waals surface area contributed by atoms with Crippen molar-refractivity contribution in [1.29, 1.82) is 0 Å². The Kier molecular flexibility index (Phi) is 4.26. The molecule has 0 bridgehead atoms. The van der Waals surface area contributed by atoms with Crippen LogP contribution in [0, 0.1) is 5.92 Å². The van der Waals surface area contributed by atoms with Gasteiger partial charge in [0.15, 0.2) is 0 Å². The zero-order valence-corrected chi connectivity index (χ0v) is 8.73. The molecule has 0 amide bonds. The van der Waals surface area contributed by atoms with Crippen LogP contribution in [0.3, 0.4) is 0 Å². The van der Waals surface area contributed by atoms with Crippen LogP contribution in [0.25, 0.3) is 0 Å². The summed E-state index contributed by atoms with van der Waals surface area (Å²) < 4.78 is 24.1. The van der Waals surface area contributed by atoms with Crippen molar-refractivity contribution in [3.8, 4) is 0 Å². The first kappa shape index (κ1) is 11.9. The Labute approximate surface area is 84.2 Å². The normalized spacial score (nSPS) is 33.6. The maximum atomic E-state index is 12.1. The molecule has 0 aromatic heterocycles. The molecule has 0 aliphatic heterocycles. The predicted molar refractivity (Wildman–Crippen MR) is 53.4 cm³/mol. The molecule has 0 unspecified atom stereocenters. The van der Waals surface area contributed by atoms with E-state index in [9.17, 15) is 8.78 Å². The average Bonchev–Trinajstić information content (AvgIpc) is 2.18. The molecule has 4 heteroatoms. The lowest BCUT2D eigenvalue weighted by molar-refractivity contribution is 0.114. The zero-order valence-electron chi connectivity index (χ0n) is 8.73. The molecule has 0 saturated heterocycles. The van der Waals surface area contributed by atoms with E-state index >= 15 is 0 Å². The van der Waals surface area contributed by atoms with Gasteiger partial charge in [0.25, 0.3) is 6.43 Å². The monoisotopic (exact) mass is 206 g/mol. The highest BCUT2D eigenvalue weighted by molar-refractivity contribution is 4.93. The number of halogens is 2. The molecule has 1 aliphatic rings. The Balaban J connectivity index is 2.41. The van der Waals surface area contributed by atoms with Gasteiger partial charge in [0.05, 0.1) is 6.54 Å². The van der Waals surface area contributed by atoms with Gasteiger partial charge in [0, 0.05) is 12.1 Å². The van der Waals surface area contributed by atoms with Gasteiger partial charge in [0.2, 0.25) is 0 Å². The average molecular weight is 206 g/mol. The molecule has 84 valence electrons. The molecule has 0 heterocycles. The summed E-state index contributed by atoms with van der Waals surface area (Å²) in [6.45, 7) is 2.44. The van der Waals surface area contributed by atoms with Gasteiger partial charge in [-0.3, -0.25) is 0 Å². The molecule has 0 aromatic carbocycles. The lowest BCUT2D eigenvalue weighted by Crippen LogP contribution is -2.54. The van der Waals surface area contributed by atoms with Crippen molar-refractivity contribution in [2.45, 2.75) is 44.6 Å². The fourth-order valence-electron chi connectivity index (χ4n) is 2.06. The van der Waals surface area contributed by atoms with Crippen molar-refractivity contribution in [1.82, 2.24) is 5.32 Å². The van der Waals surface area contributed by atoms with Gasteiger partial charge in [-0.2, -0.15) is 0 Å². The summed E-state index contributed by atoms with van der Waals surface area (Å²) in [6.07, 6.45) is 1.76. The Morgan fingerprint density at radius 2 is 2.00 bits per heavy atom. The molecule has 0 spiro atoms. The van der Waals surface area contributed by atoms with Gasteiger partial charge >= 0.3 is 0 Å². The summed E-state index contributed by atoms with van der Waals surface area (Å²) in [5.41, 5.74) is 5.44. The highest BCUT2D eigenvalue weighted by Gasteiger charge is 2.32. The first-order chi connectivity index (χ1) is 6.58. The summed E-state index contributed by atoms with van der Waals surface area (Å²) in [6, 6.07) is 0. The lowest BCUT2D eigenvalue weighted by Gasteiger charge is -2.39. The van der Waals surface area contributed by atoms with Crippen LogP contribution < -0.4 is 11.1 Å². The number of hydrogen-bond acceptors (Lipinski definition) is 2. The molecular weight excluding hydrogens is 186 g/mol. The fourth-order valence-corrected chi connectivity index (χ4v) is 2.06. The lowest BCUT2D eigenvalue weighted by atomic mass is 9.77. The van der Waals surface area contributed by atoms with Crippen molar-refractivity contribution in [2.75, 3.05) is 13.1 Å². The number of nitrogens with one attached hydrogen (secondary N) is 1. The van der Waals surface area contributed by atoms with Gasteiger partial charge in [-0.05, 0) is 31.6 Å². The summed E-state index contributed by atoms with van der Waals surface area (Å²) in [4.78, 5) is 0. The molecule has 2 nitrogen and oxygen atoms in total. The van der Waals surface area contributed by atoms with Crippen molar-refractivity contribution in [3.63, 3.8) is 0 Å². The molecule has 3 N–H and O–H groups in total. The van der Waals surface area contributed by atoms with E-state index in [1.807, 2.05) is 0 Å². The van der Waals surface area contributed by atoms with Crippen LogP contribution in [-0.4, -0.2) is 25.1 Å². The van der Waals surface area contributed by atoms with E-state index in [0.29, 0.717) is 12.5 Å². The van der Waals surface area contributed by atoms with Crippen molar-refractivity contribution in [2.24, 2.45) is 11.7 Å². The minimum Gasteiger partial charge on any atom is -0.329 e. The third-order valence-corrected chi connectivity index (χ3v) is 3.25. The Hall–Kier alpha value is -0.220. The summed E-state index contributed by atoms with van der Waals surface area (Å²) in [7, 11) is 0. The summed E-state index contributed by atoms with van der Waals surface area (Å²) in [5.74, 6) is 0.711. The molecule has 0 radical (unpaired) electrons. The molecule has 0 atom stereocenters. The van der Waals surface area contributed by atoms with Crippen LogP contribution in [0.5, 0.6) is 0 Å². The van der Waals surface area contributed by atoms with Crippen LogP contribution in [0.4, 0.5) is 8.78 Å². The smallest absolute Gasteiger partial charge is 0.250 e. The van der Waals surface area contributed by atoms with Gasteiger partial charge in [0.1, 0.15) is 0 Å². The van der Waals surface area contributed by atoms with E-state index in [1.165, 1.54) is 0 Å².